The fraction of sp³-hybridized carbons (Fsp3) is 0.417. The Morgan fingerprint density at radius 1 is 1.33 bits per heavy atom. The van der Waals surface area contributed by atoms with E-state index in [0.717, 1.165) is 18.4 Å². The number of nitrogens with one attached hydrogen (secondary N) is 2. The minimum absolute atomic E-state index is 0.0931. The molecule has 1 atom stereocenters. The third-order valence-corrected chi connectivity index (χ3v) is 3.03. The van der Waals surface area contributed by atoms with Crippen LogP contribution in [-0.4, -0.2) is 12.5 Å². The van der Waals surface area contributed by atoms with Gasteiger partial charge in [-0.3, -0.25) is 10.2 Å². The Hall–Kier alpha value is -1.35. The molecule has 15 heavy (non-hydrogen) atoms. The first kappa shape index (κ1) is 10.2. The van der Waals surface area contributed by atoms with E-state index in [-0.39, 0.29) is 11.3 Å². The van der Waals surface area contributed by atoms with Crippen LogP contribution in [0.2, 0.25) is 0 Å². The van der Waals surface area contributed by atoms with Gasteiger partial charge in [0, 0.05) is 6.54 Å². The lowest BCUT2D eigenvalue weighted by Gasteiger charge is -2.25. The van der Waals surface area contributed by atoms with Crippen LogP contribution >= 0.6 is 0 Å². The number of amides is 1. The van der Waals surface area contributed by atoms with Crippen LogP contribution in [0.3, 0.4) is 0 Å². The molecule has 2 rings (SSSR count). The van der Waals surface area contributed by atoms with Crippen molar-refractivity contribution >= 4 is 5.91 Å². The molecule has 1 fully saturated rings. The lowest BCUT2D eigenvalue weighted by atomic mass is 9.77. The summed E-state index contributed by atoms with van der Waals surface area (Å²) in [4.78, 5) is 11.9. The van der Waals surface area contributed by atoms with Crippen LogP contribution in [-0.2, 0) is 10.2 Å². The Morgan fingerprint density at radius 3 is 2.60 bits per heavy atom. The molecule has 0 saturated carbocycles. The Kier molecular flexibility index (Phi) is 2.73. The molecule has 0 aromatic heterocycles. The molecule has 80 valence electrons. The van der Waals surface area contributed by atoms with E-state index in [0.29, 0.717) is 6.54 Å². The van der Waals surface area contributed by atoms with Gasteiger partial charge in [0.2, 0.25) is 5.91 Å². The predicted molar refractivity (Wildman–Crippen MR) is 59.2 cm³/mol. The Balaban J connectivity index is 2.39. The molecule has 0 radical (unpaired) electrons. The summed E-state index contributed by atoms with van der Waals surface area (Å²) in [5.41, 5.74) is 6.39. The van der Waals surface area contributed by atoms with E-state index in [1.54, 1.807) is 0 Å². The van der Waals surface area contributed by atoms with Crippen molar-refractivity contribution < 1.29 is 4.79 Å². The minimum atomic E-state index is -0.365. The smallest absolute Gasteiger partial charge is 0.246 e. The molecule has 1 aromatic carbocycles. The molecule has 0 spiro atoms. The van der Waals surface area contributed by atoms with Gasteiger partial charge in [0.1, 0.15) is 0 Å². The van der Waals surface area contributed by atoms with Gasteiger partial charge >= 0.3 is 0 Å². The van der Waals surface area contributed by atoms with E-state index in [4.69, 9.17) is 0 Å². The first-order chi connectivity index (χ1) is 7.29. The standard InChI is InChI=1S/C12H16N2O/c1-2-8-12(9-13-14-11(12)15)10-6-4-3-5-7-10/h3-7,13H,2,8-9H2,1H3,(H,14,15). The van der Waals surface area contributed by atoms with Gasteiger partial charge in [0.05, 0.1) is 5.41 Å². The lowest BCUT2D eigenvalue weighted by molar-refractivity contribution is -0.124. The first-order valence-electron chi connectivity index (χ1n) is 5.38. The lowest BCUT2D eigenvalue weighted by Crippen LogP contribution is -2.37. The largest absolute Gasteiger partial charge is 0.291 e. The van der Waals surface area contributed by atoms with Crippen LogP contribution in [0.1, 0.15) is 25.3 Å². The van der Waals surface area contributed by atoms with Crippen LogP contribution < -0.4 is 10.9 Å². The summed E-state index contributed by atoms with van der Waals surface area (Å²) >= 11 is 0. The maximum Gasteiger partial charge on any atom is 0.246 e. The molecule has 1 aromatic rings. The molecule has 1 heterocycles. The maximum atomic E-state index is 11.9. The molecule has 2 N–H and O–H groups in total. The van der Waals surface area contributed by atoms with Gasteiger partial charge < -0.3 is 0 Å². The van der Waals surface area contributed by atoms with Crippen molar-refractivity contribution in [2.24, 2.45) is 0 Å². The van der Waals surface area contributed by atoms with E-state index in [1.807, 2.05) is 30.3 Å². The fourth-order valence-electron chi connectivity index (χ4n) is 2.24. The maximum absolute atomic E-state index is 11.9. The number of hydrogen-bond acceptors (Lipinski definition) is 2. The number of benzene rings is 1. The van der Waals surface area contributed by atoms with Crippen LogP contribution in [0.15, 0.2) is 30.3 Å². The van der Waals surface area contributed by atoms with Gasteiger partial charge in [0.15, 0.2) is 0 Å². The molecular weight excluding hydrogens is 188 g/mol. The Bertz CT molecular complexity index is 350. The molecule has 1 amide bonds. The van der Waals surface area contributed by atoms with Crippen molar-refractivity contribution in [2.45, 2.75) is 25.2 Å². The number of carbonyl (C=O) groups is 1. The molecule has 0 aliphatic carbocycles. The van der Waals surface area contributed by atoms with Crippen LogP contribution in [0.25, 0.3) is 0 Å². The van der Waals surface area contributed by atoms with Crippen molar-refractivity contribution in [2.75, 3.05) is 6.54 Å². The predicted octanol–water partition coefficient (Wildman–Crippen LogP) is 1.36. The normalized spacial score (nSPS) is 25.3. The number of hydrogen-bond donors (Lipinski definition) is 2. The average molecular weight is 204 g/mol. The molecule has 1 saturated heterocycles. The van der Waals surface area contributed by atoms with Gasteiger partial charge in [0.25, 0.3) is 0 Å². The Morgan fingerprint density at radius 2 is 2.07 bits per heavy atom. The highest BCUT2D eigenvalue weighted by Gasteiger charge is 2.42. The van der Waals surface area contributed by atoms with E-state index in [9.17, 15) is 4.79 Å². The quantitative estimate of drug-likeness (QED) is 0.780. The molecule has 3 nitrogen and oxygen atoms in total. The zero-order chi connectivity index (χ0) is 10.7. The minimum Gasteiger partial charge on any atom is -0.291 e. The molecule has 1 aliphatic rings. The van der Waals surface area contributed by atoms with Crippen LogP contribution in [0.4, 0.5) is 0 Å². The fourth-order valence-corrected chi connectivity index (χ4v) is 2.24. The van der Waals surface area contributed by atoms with Gasteiger partial charge in [-0.1, -0.05) is 43.7 Å². The monoisotopic (exact) mass is 204 g/mol. The topological polar surface area (TPSA) is 41.1 Å². The van der Waals surface area contributed by atoms with E-state index < -0.39 is 0 Å². The van der Waals surface area contributed by atoms with Gasteiger partial charge in [-0.15, -0.1) is 0 Å². The molecule has 3 heteroatoms. The SMILES string of the molecule is CCCC1(c2ccccc2)CNNC1=O. The highest BCUT2D eigenvalue weighted by atomic mass is 16.2. The summed E-state index contributed by atoms with van der Waals surface area (Å²) in [5.74, 6) is 0.0931. The summed E-state index contributed by atoms with van der Waals surface area (Å²) in [6.45, 7) is 2.79. The summed E-state index contributed by atoms with van der Waals surface area (Å²) in [5, 5.41) is 0. The van der Waals surface area contributed by atoms with Gasteiger partial charge in [-0.05, 0) is 12.0 Å². The highest BCUT2D eigenvalue weighted by molar-refractivity contribution is 5.90. The summed E-state index contributed by atoms with van der Waals surface area (Å²) in [6.07, 6.45) is 1.89. The zero-order valence-corrected chi connectivity index (χ0v) is 8.92. The second kappa shape index (κ2) is 4.03. The van der Waals surface area contributed by atoms with Crippen molar-refractivity contribution in [1.82, 2.24) is 10.9 Å². The molecule has 0 bridgehead atoms. The van der Waals surface area contributed by atoms with Crippen molar-refractivity contribution in [3.8, 4) is 0 Å². The molecule has 1 unspecified atom stereocenters. The molecule has 1 aliphatic heterocycles. The number of hydrazine groups is 1. The average Bonchev–Trinajstić information content (AvgIpc) is 2.63. The summed E-state index contributed by atoms with van der Waals surface area (Å²) in [6, 6.07) is 10.0. The molecular formula is C12H16N2O. The van der Waals surface area contributed by atoms with E-state index >= 15 is 0 Å². The van der Waals surface area contributed by atoms with Crippen LogP contribution in [0, 0.1) is 0 Å². The number of carbonyl (C=O) groups excluding carboxylic acids is 1. The summed E-state index contributed by atoms with van der Waals surface area (Å²) < 4.78 is 0. The van der Waals surface area contributed by atoms with Crippen molar-refractivity contribution in [3.63, 3.8) is 0 Å². The third-order valence-electron chi connectivity index (χ3n) is 3.03. The van der Waals surface area contributed by atoms with Gasteiger partial charge in [-0.25, -0.2) is 5.43 Å². The van der Waals surface area contributed by atoms with Gasteiger partial charge in [-0.2, -0.15) is 0 Å². The van der Waals surface area contributed by atoms with Crippen LogP contribution in [0.5, 0.6) is 0 Å². The zero-order valence-electron chi connectivity index (χ0n) is 8.92. The third kappa shape index (κ3) is 1.63. The van der Waals surface area contributed by atoms with Crippen molar-refractivity contribution in [1.29, 1.82) is 0 Å². The highest BCUT2D eigenvalue weighted by Crippen LogP contribution is 2.31. The first-order valence-corrected chi connectivity index (χ1v) is 5.38. The van der Waals surface area contributed by atoms with Crippen molar-refractivity contribution in [3.05, 3.63) is 35.9 Å². The summed E-state index contributed by atoms with van der Waals surface area (Å²) in [7, 11) is 0. The van der Waals surface area contributed by atoms with E-state index in [1.165, 1.54) is 0 Å². The Labute approximate surface area is 89.8 Å². The number of rotatable bonds is 3. The van der Waals surface area contributed by atoms with E-state index in [2.05, 4.69) is 17.8 Å². The second-order valence-corrected chi connectivity index (χ2v) is 4.01. The second-order valence-electron chi connectivity index (χ2n) is 4.01.